The Kier molecular flexibility index (Phi) is 8.74. The molecule has 0 unspecified atom stereocenters. The van der Waals surface area contributed by atoms with Gasteiger partial charge in [-0.25, -0.2) is 9.69 Å². The van der Waals surface area contributed by atoms with Crippen LogP contribution in [-0.4, -0.2) is 24.5 Å². The topological polar surface area (TPSA) is 84.9 Å². The van der Waals surface area contributed by atoms with Gasteiger partial charge in [-0.1, -0.05) is 47.5 Å². The molecule has 0 spiro atoms. The summed E-state index contributed by atoms with van der Waals surface area (Å²) < 4.78 is 12.0. The van der Waals surface area contributed by atoms with E-state index in [9.17, 15) is 14.4 Å². The van der Waals surface area contributed by atoms with Gasteiger partial charge < -0.3 is 9.47 Å². The van der Waals surface area contributed by atoms with E-state index < -0.39 is 17.8 Å². The lowest BCUT2D eigenvalue weighted by Crippen LogP contribution is -2.54. The Morgan fingerprint density at radius 1 is 1.00 bits per heavy atom. The third-order valence-electron chi connectivity index (χ3n) is 5.92. The number of rotatable bonds is 9. The van der Waals surface area contributed by atoms with Gasteiger partial charge in [0.05, 0.1) is 12.3 Å². The maximum Gasteiger partial charge on any atom is 0.335 e. The molecule has 0 bridgehead atoms. The van der Waals surface area contributed by atoms with Crippen LogP contribution >= 0.6 is 23.2 Å². The minimum absolute atomic E-state index is 0.214. The smallest absolute Gasteiger partial charge is 0.335 e. The first-order valence-corrected chi connectivity index (χ1v) is 12.9. The number of halogens is 2. The number of amides is 4. The van der Waals surface area contributed by atoms with E-state index in [1.54, 1.807) is 43.3 Å². The fraction of sp³-hybridized carbons (Fsp3) is 0.167. The molecule has 9 heteroatoms. The fourth-order valence-corrected chi connectivity index (χ4v) is 4.53. The van der Waals surface area contributed by atoms with Gasteiger partial charge in [-0.3, -0.25) is 14.9 Å². The van der Waals surface area contributed by atoms with Crippen molar-refractivity contribution in [1.29, 1.82) is 0 Å². The lowest BCUT2D eigenvalue weighted by atomic mass is 10.0. The lowest BCUT2D eigenvalue weighted by Gasteiger charge is -2.27. The first-order chi connectivity index (χ1) is 18.7. The molecule has 0 aliphatic carbocycles. The molecule has 3 aromatic carbocycles. The van der Waals surface area contributed by atoms with Crippen molar-refractivity contribution in [2.45, 2.75) is 26.9 Å². The summed E-state index contributed by atoms with van der Waals surface area (Å²) in [5.41, 5.74) is 2.85. The molecule has 1 fully saturated rings. The van der Waals surface area contributed by atoms with Crippen LogP contribution in [0.3, 0.4) is 0 Å². The van der Waals surface area contributed by atoms with Gasteiger partial charge in [0.2, 0.25) is 0 Å². The van der Waals surface area contributed by atoms with Crippen molar-refractivity contribution < 1.29 is 23.9 Å². The zero-order valence-electron chi connectivity index (χ0n) is 21.4. The summed E-state index contributed by atoms with van der Waals surface area (Å²) in [6.45, 7) is 8.03. The number of nitrogens with zero attached hydrogens (tertiary/aromatic N) is 1. The Bertz CT molecular complexity index is 1500. The van der Waals surface area contributed by atoms with Crippen LogP contribution < -0.4 is 19.7 Å². The Morgan fingerprint density at radius 3 is 2.49 bits per heavy atom. The molecule has 7 nitrogen and oxygen atoms in total. The number of allylic oxidation sites excluding steroid dienone is 1. The number of hydrogen-bond donors (Lipinski definition) is 1. The zero-order chi connectivity index (χ0) is 28.1. The van der Waals surface area contributed by atoms with E-state index in [1.165, 1.54) is 12.1 Å². The second-order valence-electron chi connectivity index (χ2n) is 8.74. The third-order valence-corrected chi connectivity index (χ3v) is 6.39. The van der Waals surface area contributed by atoms with Gasteiger partial charge >= 0.3 is 6.03 Å². The molecule has 200 valence electrons. The molecule has 1 N–H and O–H groups in total. The first-order valence-electron chi connectivity index (χ1n) is 12.2. The van der Waals surface area contributed by atoms with E-state index in [-0.39, 0.29) is 17.9 Å². The van der Waals surface area contributed by atoms with Crippen LogP contribution in [0.1, 0.15) is 29.2 Å². The number of carbonyl (C=O) groups is 3. The molecule has 39 heavy (non-hydrogen) atoms. The minimum Gasteiger partial charge on any atom is -0.490 e. The Labute approximate surface area is 236 Å². The van der Waals surface area contributed by atoms with Crippen molar-refractivity contribution in [1.82, 2.24) is 5.32 Å². The molecular weight excluding hydrogens is 539 g/mol. The van der Waals surface area contributed by atoms with Gasteiger partial charge in [0.15, 0.2) is 11.5 Å². The summed E-state index contributed by atoms with van der Waals surface area (Å²) in [5, 5.41) is 3.19. The maximum absolute atomic E-state index is 13.4. The van der Waals surface area contributed by atoms with Gasteiger partial charge in [0.25, 0.3) is 11.8 Å². The van der Waals surface area contributed by atoms with Crippen LogP contribution in [0.15, 0.2) is 72.8 Å². The van der Waals surface area contributed by atoms with Crippen LogP contribution in [0, 0.1) is 6.92 Å². The number of nitrogens with one attached hydrogen (secondary N) is 1. The highest BCUT2D eigenvalue weighted by Gasteiger charge is 2.37. The van der Waals surface area contributed by atoms with Crippen LogP contribution in [-0.2, 0) is 22.6 Å². The van der Waals surface area contributed by atoms with Crippen molar-refractivity contribution in [3.8, 4) is 11.5 Å². The molecule has 0 atom stereocenters. The van der Waals surface area contributed by atoms with Crippen LogP contribution in [0.5, 0.6) is 11.5 Å². The van der Waals surface area contributed by atoms with E-state index in [1.807, 2.05) is 25.1 Å². The molecule has 0 aromatic heterocycles. The number of ether oxygens (including phenoxy) is 2. The molecular formula is C30H26Cl2N2O5. The van der Waals surface area contributed by atoms with E-state index in [0.717, 1.165) is 16.0 Å². The summed E-state index contributed by atoms with van der Waals surface area (Å²) in [6, 6.07) is 14.8. The molecule has 0 saturated carbocycles. The highest BCUT2D eigenvalue weighted by molar-refractivity contribution is 6.39. The van der Waals surface area contributed by atoms with Crippen molar-refractivity contribution >= 4 is 52.8 Å². The number of imide groups is 2. The van der Waals surface area contributed by atoms with Crippen molar-refractivity contribution in [3.05, 3.63) is 105 Å². The molecule has 3 aromatic rings. The molecule has 4 rings (SSSR count). The summed E-state index contributed by atoms with van der Waals surface area (Å²) in [5.74, 6) is -0.609. The van der Waals surface area contributed by atoms with Crippen LogP contribution in [0.25, 0.3) is 6.08 Å². The third kappa shape index (κ3) is 6.33. The average Bonchev–Trinajstić information content (AvgIpc) is 2.88. The van der Waals surface area contributed by atoms with Crippen molar-refractivity contribution in [2.24, 2.45) is 0 Å². The Hall–Kier alpha value is -4.07. The number of hydrogen-bond acceptors (Lipinski definition) is 5. The van der Waals surface area contributed by atoms with Crippen molar-refractivity contribution in [2.75, 3.05) is 11.5 Å². The predicted octanol–water partition coefficient (Wildman–Crippen LogP) is 6.67. The van der Waals surface area contributed by atoms with E-state index >= 15 is 0 Å². The maximum atomic E-state index is 13.4. The number of urea groups is 1. The zero-order valence-corrected chi connectivity index (χ0v) is 22.9. The SMILES string of the molecule is C=CCc1cc(/C=C2\C(=O)NC(=O)N(c3cc(Cl)ccc3C)C2=O)cc(OCC)c1OCc1cccc(Cl)c1. The largest absolute Gasteiger partial charge is 0.490 e. The summed E-state index contributed by atoms with van der Waals surface area (Å²) in [6.07, 6.45) is 3.58. The molecule has 1 saturated heterocycles. The standard InChI is InChI=1S/C30H26Cl2N2O5/c1-4-7-21-12-20(15-26(38-5-2)27(21)39-17-19-8-6-9-22(31)13-19)14-24-28(35)33-30(37)34(29(24)36)25-16-23(32)11-10-18(25)3/h4,6,8-16H,1,5,7,17H2,2-3H3,(H,33,35,37)/b24-14+. The Morgan fingerprint density at radius 2 is 1.77 bits per heavy atom. The quantitative estimate of drug-likeness (QED) is 0.178. The molecule has 1 heterocycles. The number of benzene rings is 3. The molecule has 4 amide bonds. The number of anilines is 1. The average molecular weight is 565 g/mol. The van der Waals surface area contributed by atoms with E-state index in [4.69, 9.17) is 32.7 Å². The van der Waals surface area contributed by atoms with Gasteiger partial charge in [-0.05, 0) is 79.4 Å². The van der Waals surface area contributed by atoms with Crippen molar-refractivity contribution in [3.63, 3.8) is 0 Å². The van der Waals surface area contributed by atoms with Gasteiger partial charge in [0, 0.05) is 15.6 Å². The second kappa shape index (κ2) is 12.2. The summed E-state index contributed by atoms with van der Waals surface area (Å²) >= 11 is 12.2. The highest BCUT2D eigenvalue weighted by Crippen LogP contribution is 2.36. The first kappa shape index (κ1) is 28.0. The normalized spacial score (nSPS) is 14.4. The number of aryl methyl sites for hydroxylation is 1. The second-order valence-corrected chi connectivity index (χ2v) is 9.61. The summed E-state index contributed by atoms with van der Waals surface area (Å²) in [7, 11) is 0. The van der Waals surface area contributed by atoms with Gasteiger partial charge in [0.1, 0.15) is 12.2 Å². The molecule has 1 aliphatic heterocycles. The highest BCUT2D eigenvalue weighted by atomic mass is 35.5. The number of carbonyl (C=O) groups excluding carboxylic acids is 3. The van der Waals surface area contributed by atoms with Gasteiger partial charge in [-0.15, -0.1) is 6.58 Å². The minimum atomic E-state index is -0.848. The fourth-order valence-electron chi connectivity index (χ4n) is 4.15. The van der Waals surface area contributed by atoms with E-state index in [0.29, 0.717) is 45.7 Å². The lowest BCUT2D eigenvalue weighted by molar-refractivity contribution is -0.122. The van der Waals surface area contributed by atoms with Crippen LogP contribution in [0.2, 0.25) is 10.0 Å². The van der Waals surface area contributed by atoms with E-state index in [2.05, 4.69) is 11.9 Å². The monoisotopic (exact) mass is 564 g/mol. The molecule has 0 radical (unpaired) electrons. The van der Waals surface area contributed by atoms with Crippen LogP contribution in [0.4, 0.5) is 10.5 Å². The predicted molar refractivity (Wildman–Crippen MR) is 152 cm³/mol. The molecule has 1 aliphatic rings. The van der Waals surface area contributed by atoms with Gasteiger partial charge in [-0.2, -0.15) is 0 Å². The number of barbiturate groups is 1. The summed E-state index contributed by atoms with van der Waals surface area (Å²) in [4.78, 5) is 39.8. The Balaban J connectivity index is 1.74.